The van der Waals surface area contributed by atoms with Crippen molar-refractivity contribution in [2.45, 2.75) is 56.1 Å². The number of alkyl carbamates (subject to hydrolysis) is 1. The zero-order chi connectivity index (χ0) is 37.9. The van der Waals surface area contributed by atoms with E-state index >= 15 is 0 Å². The highest BCUT2D eigenvalue weighted by Gasteiger charge is 2.44. The summed E-state index contributed by atoms with van der Waals surface area (Å²) in [4.78, 5) is 34.4. The molecule has 0 radical (unpaired) electrons. The molecule has 3 unspecified atom stereocenters. The SMILES string of the molecule is CC(C)CN(C[C@@H](O)[C@H](Cc1ccc(Oc2ccc([N+](=O)[O-])cc2[N+](=O)[O-])cc1)NC(=O)OC1COC2OCCC12)S(=O)(=O)c1ccc2c(c1)OCO2. The average molecular weight is 759 g/mol. The van der Waals surface area contributed by atoms with E-state index in [-0.39, 0.29) is 60.3 Å². The number of carbonyl (C=O) groups is 1. The highest BCUT2D eigenvalue weighted by molar-refractivity contribution is 7.89. The topological polar surface area (TPSA) is 228 Å². The fraction of sp³-hybridized carbons (Fsp3) is 0.441. The van der Waals surface area contributed by atoms with Gasteiger partial charge < -0.3 is 38.8 Å². The molecule has 6 rings (SSSR count). The molecule has 3 heterocycles. The van der Waals surface area contributed by atoms with E-state index in [0.29, 0.717) is 24.3 Å². The molecule has 2 saturated heterocycles. The molecule has 5 atom stereocenters. The van der Waals surface area contributed by atoms with Gasteiger partial charge in [0.15, 0.2) is 17.8 Å². The van der Waals surface area contributed by atoms with Crippen LogP contribution < -0.4 is 19.5 Å². The number of nitrogens with zero attached hydrogens (tertiary/aromatic N) is 3. The molecular weight excluding hydrogens is 720 g/mol. The standard InChI is InChI=1S/C34H38N4O14S/c1-20(2)16-36(53(45,46)24-8-10-30-31(15-24)50-19-49-30)17-28(39)26(35-34(40)52-32-18-48-33-25(32)11-12-47-33)13-21-3-6-23(7-4-21)51-29-9-5-22(37(41)42)14-27(29)38(43)44/h3-10,14-15,20,25-26,28,32-33,39H,11-13,16-19H2,1-2H3,(H,35,40)/t25?,26-,28+,32?,33?/m0/s1. The lowest BCUT2D eigenvalue weighted by Crippen LogP contribution is -2.51. The van der Waals surface area contributed by atoms with Crippen molar-refractivity contribution in [3.8, 4) is 23.0 Å². The smallest absolute Gasteiger partial charge is 0.407 e. The molecule has 2 N–H and O–H groups in total. The molecule has 0 aliphatic carbocycles. The molecule has 19 heteroatoms. The van der Waals surface area contributed by atoms with Gasteiger partial charge in [0.2, 0.25) is 22.6 Å². The number of benzene rings is 3. The summed E-state index contributed by atoms with van der Waals surface area (Å²) in [5.74, 6) is 0.364. The number of hydrogen-bond donors (Lipinski definition) is 2. The van der Waals surface area contributed by atoms with E-state index in [1.165, 1.54) is 30.3 Å². The predicted octanol–water partition coefficient (Wildman–Crippen LogP) is 4.13. The summed E-state index contributed by atoms with van der Waals surface area (Å²) in [5, 5.41) is 37.1. The Bertz CT molecular complexity index is 1940. The van der Waals surface area contributed by atoms with E-state index < -0.39 is 68.4 Å². The molecule has 0 aromatic heterocycles. The van der Waals surface area contributed by atoms with Gasteiger partial charge in [-0.3, -0.25) is 20.2 Å². The van der Waals surface area contributed by atoms with Crippen LogP contribution in [0.25, 0.3) is 0 Å². The maximum Gasteiger partial charge on any atom is 0.407 e. The average Bonchev–Trinajstić information content (AvgIpc) is 3.87. The van der Waals surface area contributed by atoms with Crippen molar-refractivity contribution in [2.24, 2.45) is 11.8 Å². The number of sulfonamides is 1. The molecule has 3 aliphatic rings. The van der Waals surface area contributed by atoms with Crippen molar-refractivity contribution in [3.05, 3.63) is 86.5 Å². The monoisotopic (exact) mass is 758 g/mol. The van der Waals surface area contributed by atoms with E-state index in [2.05, 4.69) is 5.32 Å². The van der Waals surface area contributed by atoms with Gasteiger partial charge in [0, 0.05) is 25.2 Å². The van der Waals surface area contributed by atoms with Crippen molar-refractivity contribution >= 4 is 27.5 Å². The molecule has 3 aromatic carbocycles. The van der Waals surface area contributed by atoms with E-state index in [1.807, 2.05) is 13.8 Å². The highest BCUT2D eigenvalue weighted by atomic mass is 32.2. The third-order valence-corrected chi connectivity index (χ3v) is 10.7. The second kappa shape index (κ2) is 15.9. The normalized spacial score (nSPS) is 20.2. The third-order valence-electron chi connectivity index (χ3n) is 8.91. The van der Waals surface area contributed by atoms with Gasteiger partial charge >= 0.3 is 11.8 Å². The van der Waals surface area contributed by atoms with Gasteiger partial charge in [0.1, 0.15) is 11.9 Å². The first-order chi connectivity index (χ1) is 25.3. The van der Waals surface area contributed by atoms with Gasteiger partial charge in [0.05, 0.1) is 52.1 Å². The minimum absolute atomic E-state index is 0.00411. The highest BCUT2D eigenvalue weighted by Crippen LogP contribution is 2.37. The molecule has 284 valence electrons. The van der Waals surface area contributed by atoms with Crippen LogP contribution in [0.1, 0.15) is 25.8 Å². The fourth-order valence-electron chi connectivity index (χ4n) is 6.28. The number of aliphatic hydroxyl groups is 1. The Morgan fingerprint density at radius 1 is 1.00 bits per heavy atom. The van der Waals surface area contributed by atoms with Crippen LogP contribution in [-0.4, -0.2) is 91.4 Å². The summed E-state index contributed by atoms with van der Waals surface area (Å²) in [7, 11) is -4.17. The van der Waals surface area contributed by atoms with Crippen molar-refractivity contribution in [1.82, 2.24) is 9.62 Å². The van der Waals surface area contributed by atoms with Crippen LogP contribution in [0.3, 0.4) is 0 Å². The van der Waals surface area contributed by atoms with Gasteiger partial charge in [-0.05, 0) is 54.7 Å². The second-order valence-electron chi connectivity index (χ2n) is 13.1. The quantitative estimate of drug-likeness (QED) is 0.164. The molecule has 3 aliphatic heterocycles. The zero-order valence-electron chi connectivity index (χ0n) is 28.7. The molecule has 53 heavy (non-hydrogen) atoms. The van der Waals surface area contributed by atoms with Crippen LogP contribution in [0, 0.1) is 32.1 Å². The van der Waals surface area contributed by atoms with Crippen LogP contribution >= 0.6 is 0 Å². The van der Waals surface area contributed by atoms with E-state index in [4.69, 9.17) is 28.4 Å². The van der Waals surface area contributed by atoms with Gasteiger partial charge in [-0.1, -0.05) is 26.0 Å². The maximum atomic E-state index is 13.9. The first kappa shape index (κ1) is 37.7. The van der Waals surface area contributed by atoms with Crippen LogP contribution in [0.4, 0.5) is 16.2 Å². The number of nitro groups is 2. The summed E-state index contributed by atoms with van der Waals surface area (Å²) in [5.41, 5.74) is -0.496. The Morgan fingerprint density at radius 2 is 1.75 bits per heavy atom. The maximum absolute atomic E-state index is 13.9. The number of hydrogen-bond acceptors (Lipinski definition) is 14. The molecular formula is C34H38N4O14S. The van der Waals surface area contributed by atoms with Crippen molar-refractivity contribution in [1.29, 1.82) is 0 Å². The Kier molecular flexibility index (Phi) is 11.3. The number of nitrogens with one attached hydrogen (secondary N) is 1. The first-order valence-electron chi connectivity index (χ1n) is 16.8. The summed E-state index contributed by atoms with van der Waals surface area (Å²) < 4.78 is 62.2. The number of ether oxygens (including phenoxy) is 6. The number of fused-ring (bicyclic) bond motifs is 2. The van der Waals surface area contributed by atoms with Crippen molar-refractivity contribution < 1.29 is 56.6 Å². The van der Waals surface area contributed by atoms with Crippen molar-refractivity contribution in [2.75, 3.05) is 33.1 Å². The first-order valence-corrected chi connectivity index (χ1v) is 18.2. The lowest BCUT2D eigenvalue weighted by Gasteiger charge is -2.31. The summed E-state index contributed by atoms with van der Waals surface area (Å²) in [6.07, 6.45) is -2.67. The van der Waals surface area contributed by atoms with E-state index in [0.717, 1.165) is 22.5 Å². The largest absolute Gasteiger partial charge is 0.454 e. The van der Waals surface area contributed by atoms with Crippen LogP contribution in [0.5, 0.6) is 23.0 Å². The predicted molar refractivity (Wildman–Crippen MR) is 183 cm³/mol. The summed E-state index contributed by atoms with van der Waals surface area (Å²) in [6, 6.07) is 12.4. The molecule has 1 amide bonds. The number of non-ortho nitro benzene ring substituents is 1. The lowest BCUT2D eigenvalue weighted by atomic mass is 10.0. The number of carbonyl (C=O) groups excluding carboxylic acids is 1. The van der Waals surface area contributed by atoms with Crippen LogP contribution in [0.2, 0.25) is 0 Å². The van der Waals surface area contributed by atoms with Crippen LogP contribution in [0.15, 0.2) is 65.6 Å². The molecule has 2 fully saturated rings. The number of amides is 1. The Morgan fingerprint density at radius 3 is 2.47 bits per heavy atom. The lowest BCUT2D eigenvalue weighted by molar-refractivity contribution is -0.394. The zero-order valence-corrected chi connectivity index (χ0v) is 29.5. The summed E-state index contributed by atoms with van der Waals surface area (Å²) >= 11 is 0. The fourth-order valence-corrected chi connectivity index (χ4v) is 7.91. The Labute approximate surface area is 303 Å². The van der Waals surface area contributed by atoms with Crippen LogP contribution in [-0.2, 0) is 30.7 Å². The van der Waals surface area contributed by atoms with E-state index in [1.54, 1.807) is 12.1 Å². The molecule has 0 spiro atoms. The van der Waals surface area contributed by atoms with Gasteiger partial charge in [0.25, 0.3) is 5.69 Å². The second-order valence-corrected chi connectivity index (χ2v) is 15.1. The van der Waals surface area contributed by atoms with Gasteiger partial charge in [-0.2, -0.15) is 4.31 Å². The number of nitro benzene ring substituents is 2. The number of aliphatic hydroxyl groups excluding tert-OH is 1. The molecule has 0 bridgehead atoms. The minimum atomic E-state index is -4.17. The molecule has 18 nitrogen and oxygen atoms in total. The minimum Gasteiger partial charge on any atom is -0.454 e. The summed E-state index contributed by atoms with van der Waals surface area (Å²) in [6.45, 7) is 3.90. The Balaban J connectivity index is 1.21. The van der Waals surface area contributed by atoms with Crippen molar-refractivity contribution in [3.63, 3.8) is 0 Å². The van der Waals surface area contributed by atoms with Gasteiger partial charge in [-0.25, -0.2) is 13.2 Å². The van der Waals surface area contributed by atoms with E-state index in [9.17, 15) is 38.5 Å². The Hall–Kier alpha value is -5.08. The molecule has 3 aromatic rings. The van der Waals surface area contributed by atoms with Gasteiger partial charge in [-0.15, -0.1) is 0 Å². The molecule has 0 saturated carbocycles. The number of rotatable bonds is 15. The third kappa shape index (κ3) is 8.77.